The number of amides is 1. The fourth-order valence-corrected chi connectivity index (χ4v) is 6.46. The summed E-state index contributed by atoms with van der Waals surface area (Å²) in [6, 6.07) is 17.6. The maximum atomic E-state index is 13.5. The highest BCUT2D eigenvalue weighted by Crippen LogP contribution is 2.32. The number of nitrogens with zero attached hydrogens (tertiary/aromatic N) is 3. The maximum absolute atomic E-state index is 13.5. The summed E-state index contributed by atoms with van der Waals surface area (Å²) in [6.45, 7) is 12.7. The van der Waals surface area contributed by atoms with E-state index in [0.717, 1.165) is 38.4 Å². The zero-order valence-corrected chi connectivity index (χ0v) is 28.1. The van der Waals surface area contributed by atoms with Gasteiger partial charge in [-0.25, -0.2) is 9.97 Å². The molecule has 3 heterocycles. The van der Waals surface area contributed by atoms with Crippen LogP contribution >= 0.6 is 11.3 Å². The van der Waals surface area contributed by atoms with Crippen molar-refractivity contribution in [3.8, 4) is 28.3 Å². The molecule has 46 heavy (non-hydrogen) atoms. The third-order valence-electron chi connectivity index (χ3n) is 8.16. The van der Waals surface area contributed by atoms with Crippen LogP contribution in [-0.2, 0) is 21.4 Å². The molecule has 1 aliphatic rings. The quantitative estimate of drug-likeness (QED) is 0.172. The summed E-state index contributed by atoms with van der Waals surface area (Å²) in [5, 5.41) is 9.30. The summed E-state index contributed by atoms with van der Waals surface area (Å²) in [7, 11) is 0. The molecule has 2 aromatic heterocycles. The first kappa shape index (κ1) is 33.0. The number of aryl methyl sites for hydroxylation is 1. The highest BCUT2D eigenvalue weighted by Gasteiger charge is 2.39. The Labute approximate surface area is 274 Å². The van der Waals surface area contributed by atoms with E-state index in [1.165, 1.54) is 11.3 Å². The first-order chi connectivity index (χ1) is 21.8. The summed E-state index contributed by atoms with van der Waals surface area (Å²) < 4.78 is 5.85. The van der Waals surface area contributed by atoms with Gasteiger partial charge in [-0.1, -0.05) is 51.1 Å². The van der Waals surface area contributed by atoms with Crippen molar-refractivity contribution in [3.05, 3.63) is 87.9 Å². The number of carboxylic acids is 1. The van der Waals surface area contributed by atoms with Gasteiger partial charge in [0.2, 0.25) is 5.91 Å². The molecule has 1 N–H and O–H groups in total. The topological polar surface area (TPSA) is 110 Å². The maximum Gasteiger partial charge on any atom is 0.310 e. The van der Waals surface area contributed by atoms with Crippen LogP contribution in [0.5, 0.6) is 5.75 Å². The van der Waals surface area contributed by atoms with Crippen LogP contribution in [0.15, 0.2) is 67.0 Å². The fourth-order valence-electron chi connectivity index (χ4n) is 5.45. The monoisotopic (exact) mass is 639 g/mol. The number of hydrogen-bond acceptors (Lipinski definition) is 7. The Bertz CT molecular complexity index is 1720. The number of Topliss-reactive ketones (excluding diaryl/α,β-unsaturated/α-hetero) is 1. The van der Waals surface area contributed by atoms with E-state index >= 15 is 0 Å². The van der Waals surface area contributed by atoms with Crippen LogP contribution in [0.1, 0.15) is 66.7 Å². The zero-order chi connectivity index (χ0) is 33.2. The molecule has 1 atom stereocenters. The van der Waals surface area contributed by atoms with Crippen molar-refractivity contribution in [3.63, 3.8) is 0 Å². The zero-order valence-electron chi connectivity index (χ0n) is 27.2. The highest BCUT2D eigenvalue weighted by molar-refractivity contribution is 7.14. The Kier molecular flexibility index (Phi) is 9.72. The number of aromatic nitrogens is 2. The summed E-state index contributed by atoms with van der Waals surface area (Å²) in [5.41, 5.74) is 4.64. The molecule has 0 radical (unpaired) electrons. The summed E-state index contributed by atoms with van der Waals surface area (Å²) in [6.07, 6.45) is 4.15. The minimum atomic E-state index is -0.903. The number of carbonyl (C=O) groups is 3. The van der Waals surface area contributed by atoms with Gasteiger partial charge >= 0.3 is 5.97 Å². The minimum absolute atomic E-state index is 0.0630. The van der Waals surface area contributed by atoms with Crippen molar-refractivity contribution >= 4 is 29.0 Å². The van der Waals surface area contributed by atoms with Gasteiger partial charge in [-0.3, -0.25) is 14.4 Å². The molecule has 5 rings (SSSR count). The van der Waals surface area contributed by atoms with Crippen LogP contribution in [0.25, 0.3) is 22.5 Å². The van der Waals surface area contributed by atoms with Gasteiger partial charge in [0, 0.05) is 53.8 Å². The van der Waals surface area contributed by atoms with Gasteiger partial charge in [-0.2, -0.15) is 0 Å². The molecule has 0 bridgehead atoms. The molecule has 1 aliphatic heterocycles. The van der Waals surface area contributed by atoms with Crippen molar-refractivity contribution in [2.75, 3.05) is 13.1 Å². The number of rotatable bonds is 11. The molecule has 1 fully saturated rings. The second-order valence-electron chi connectivity index (χ2n) is 13.4. The first-order valence-corrected chi connectivity index (χ1v) is 16.4. The van der Waals surface area contributed by atoms with Crippen LogP contribution < -0.4 is 4.74 Å². The van der Waals surface area contributed by atoms with E-state index in [-0.39, 0.29) is 42.7 Å². The van der Waals surface area contributed by atoms with E-state index in [0.29, 0.717) is 17.1 Å². The molecule has 0 saturated carbocycles. The number of benzene rings is 2. The number of ketones is 1. The van der Waals surface area contributed by atoms with Crippen molar-refractivity contribution < 1.29 is 24.2 Å². The predicted molar refractivity (Wildman–Crippen MR) is 180 cm³/mol. The Hall–Kier alpha value is -4.37. The average Bonchev–Trinajstić information content (AvgIpc) is 3.49. The van der Waals surface area contributed by atoms with Crippen molar-refractivity contribution in [1.82, 2.24) is 14.9 Å². The fraction of sp³-hybridized carbons (Fsp3) is 0.378. The lowest BCUT2D eigenvalue weighted by molar-refractivity contribution is -0.154. The van der Waals surface area contributed by atoms with Gasteiger partial charge in [0.1, 0.15) is 5.75 Å². The Morgan fingerprint density at radius 3 is 2.17 bits per heavy atom. The van der Waals surface area contributed by atoms with Crippen LogP contribution in [-0.4, -0.2) is 56.8 Å². The molecule has 1 amide bonds. The molecule has 0 aliphatic carbocycles. The predicted octanol–water partition coefficient (Wildman–Crippen LogP) is 7.24. The normalized spacial score (nSPS) is 14.2. The van der Waals surface area contributed by atoms with Gasteiger partial charge in [-0.15, -0.1) is 11.3 Å². The summed E-state index contributed by atoms with van der Waals surface area (Å²) >= 11 is 1.47. The molecule has 2 aromatic carbocycles. The highest BCUT2D eigenvalue weighted by atomic mass is 32.1. The van der Waals surface area contributed by atoms with Crippen LogP contribution in [0.2, 0.25) is 0 Å². The molecule has 8 nitrogen and oxygen atoms in total. The third-order valence-corrected chi connectivity index (χ3v) is 9.71. The molecular formula is C37H41N3O5S. The standard InChI is InChI=1S/C37H41N3O5S/c1-22(2)45-31-12-11-26(15-23(31)3)28-18-38-34(39-19-28)25-9-7-24(8-10-25)16-27(35(42)40-20-29(21-40)36(43)44)17-30(41)32-13-14-33(46-32)37(4,5)6/h7-15,18-19,22,27,29H,16-17,20-21H2,1-6H3,(H,43,44)/t27-/m1/s1. The van der Waals surface area contributed by atoms with E-state index in [4.69, 9.17) is 4.74 Å². The second kappa shape index (κ2) is 13.5. The van der Waals surface area contributed by atoms with E-state index in [1.54, 1.807) is 17.3 Å². The largest absolute Gasteiger partial charge is 0.491 e. The Morgan fingerprint density at radius 1 is 0.957 bits per heavy atom. The molecule has 240 valence electrons. The van der Waals surface area contributed by atoms with Gasteiger partial charge in [0.25, 0.3) is 0 Å². The molecule has 0 unspecified atom stereocenters. The van der Waals surface area contributed by atoms with Crippen LogP contribution in [0.4, 0.5) is 0 Å². The molecule has 4 aromatic rings. The van der Waals surface area contributed by atoms with Crippen molar-refractivity contribution in [1.29, 1.82) is 0 Å². The average molecular weight is 640 g/mol. The second-order valence-corrected chi connectivity index (χ2v) is 14.4. The van der Waals surface area contributed by atoms with Gasteiger partial charge in [0.05, 0.1) is 16.9 Å². The number of aliphatic carboxylic acids is 1. The Morgan fingerprint density at radius 2 is 1.61 bits per heavy atom. The van der Waals surface area contributed by atoms with Crippen molar-refractivity contribution in [2.24, 2.45) is 11.8 Å². The lowest BCUT2D eigenvalue weighted by Gasteiger charge is -2.38. The van der Waals surface area contributed by atoms with Crippen LogP contribution in [0, 0.1) is 18.8 Å². The summed E-state index contributed by atoms with van der Waals surface area (Å²) in [5.74, 6) is -0.857. The van der Waals surface area contributed by atoms with Gasteiger partial charge in [-0.05, 0) is 73.6 Å². The lowest BCUT2D eigenvalue weighted by atomic mass is 9.89. The molecule has 9 heteroatoms. The molecular weight excluding hydrogens is 598 g/mol. The van der Waals surface area contributed by atoms with Crippen molar-refractivity contribution in [2.45, 2.75) is 65.9 Å². The Balaban J connectivity index is 1.29. The van der Waals surface area contributed by atoms with Gasteiger partial charge < -0.3 is 14.7 Å². The van der Waals surface area contributed by atoms with Gasteiger partial charge in [0.15, 0.2) is 11.6 Å². The first-order valence-electron chi connectivity index (χ1n) is 15.6. The smallest absolute Gasteiger partial charge is 0.310 e. The number of ether oxygens (including phenoxy) is 1. The van der Waals surface area contributed by atoms with E-state index in [1.807, 2.05) is 69.3 Å². The molecule has 0 spiro atoms. The number of carboxylic acid groups (broad SMARTS) is 1. The van der Waals surface area contributed by atoms with E-state index in [9.17, 15) is 19.5 Å². The summed E-state index contributed by atoms with van der Waals surface area (Å²) in [4.78, 5) is 50.7. The number of carbonyl (C=O) groups excluding carboxylic acids is 2. The SMILES string of the molecule is Cc1cc(-c2cnc(-c3ccc(C[C@H](CC(=O)c4ccc(C(C)(C)C)s4)C(=O)N4CC(C(=O)O)C4)cc3)nc2)ccc1OC(C)C. The number of likely N-dealkylation sites (tertiary alicyclic amines) is 1. The number of thiophene rings is 1. The minimum Gasteiger partial charge on any atom is -0.491 e. The molecule has 1 saturated heterocycles. The lowest BCUT2D eigenvalue weighted by Crippen LogP contribution is -2.55. The van der Waals surface area contributed by atoms with E-state index in [2.05, 4.69) is 36.8 Å². The third kappa shape index (κ3) is 7.70. The van der Waals surface area contributed by atoms with E-state index < -0.39 is 17.8 Å². The number of hydrogen-bond donors (Lipinski definition) is 1. The van der Waals surface area contributed by atoms with Crippen LogP contribution in [0.3, 0.4) is 0 Å².